The fraction of sp³-hybridized carbons (Fsp3) is 0.375. The Morgan fingerprint density at radius 3 is 2.69 bits per heavy atom. The van der Waals surface area contributed by atoms with E-state index in [0.717, 1.165) is 5.56 Å². The summed E-state index contributed by atoms with van der Waals surface area (Å²) in [4.78, 5) is 11.0. The molecule has 1 aromatic rings. The molecule has 0 fully saturated rings. The van der Waals surface area contributed by atoms with Gasteiger partial charge in [0.05, 0.1) is 13.7 Å². The molecule has 0 unspecified atom stereocenters. The van der Waals surface area contributed by atoms with Crippen LogP contribution in [0.3, 0.4) is 0 Å². The predicted molar refractivity (Wildman–Crippen MR) is 49.9 cm³/mol. The third kappa shape index (κ3) is 2.47. The van der Waals surface area contributed by atoms with Crippen molar-refractivity contribution >= 4 is 18.4 Å². The molecule has 0 radical (unpaired) electrons. The number of halogens is 1. The van der Waals surface area contributed by atoms with Gasteiger partial charge in [-0.05, 0) is 13.0 Å². The van der Waals surface area contributed by atoms with Crippen LogP contribution in [0.4, 0.5) is 0 Å². The number of hydrogen-bond acceptors (Lipinski definition) is 4. The summed E-state index contributed by atoms with van der Waals surface area (Å²) in [6.07, 6.45) is 0. The highest BCUT2D eigenvalue weighted by Gasteiger charge is 2.14. The topological polar surface area (TPSA) is 65.5 Å². The molecule has 1 aromatic heterocycles. The third-order valence-corrected chi connectivity index (χ3v) is 1.54. The van der Waals surface area contributed by atoms with Crippen LogP contribution in [0.2, 0.25) is 0 Å². The van der Waals surface area contributed by atoms with Crippen LogP contribution in [0.25, 0.3) is 0 Å². The van der Waals surface area contributed by atoms with Crippen LogP contribution in [0, 0.1) is 6.92 Å². The number of carbonyl (C=O) groups is 1. The standard InChI is InChI=1S/C8H11NO3.ClH/c1-5-3-6(4-9)12-7(5)8(10)11-2;/h3H,4,9H2,1-2H3;1H. The molecule has 0 aromatic carbocycles. The zero-order valence-corrected chi connectivity index (χ0v) is 8.31. The second-order valence-corrected chi connectivity index (χ2v) is 2.42. The molecule has 0 aliphatic carbocycles. The molecule has 13 heavy (non-hydrogen) atoms. The van der Waals surface area contributed by atoms with Crippen molar-refractivity contribution in [3.05, 3.63) is 23.2 Å². The summed E-state index contributed by atoms with van der Waals surface area (Å²) >= 11 is 0. The van der Waals surface area contributed by atoms with E-state index < -0.39 is 5.97 Å². The van der Waals surface area contributed by atoms with E-state index in [9.17, 15) is 4.79 Å². The van der Waals surface area contributed by atoms with Crippen molar-refractivity contribution < 1.29 is 13.9 Å². The number of carbonyl (C=O) groups excluding carboxylic acids is 1. The summed E-state index contributed by atoms with van der Waals surface area (Å²) in [5, 5.41) is 0. The molecule has 2 N–H and O–H groups in total. The molecular weight excluding hydrogens is 194 g/mol. The summed E-state index contributed by atoms with van der Waals surface area (Å²) in [6, 6.07) is 1.73. The Bertz CT molecular complexity index is 296. The van der Waals surface area contributed by atoms with E-state index in [1.54, 1.807) is 13.0 Å². The lowest BCUT2D eigenvalue weighted by molar-refractivity contribution is 0.0562. The van der Waals surface area contributed by atoms with E-state index >= 15 is 0 Å². The first-order valence-electron chi connectivity index (χ1n) is 3.56. The summed E-state index contributed by atoms with van der Waals surface area (Å²) in [5.41, 5.74) is 6.08. The van der Waals surface area contributed by atoms with E-state index in [4.69, 9.17) is 10.2 Å². The van der Waals surface area contributed by atoms with E-state index in [-0.39, 0.29) is 24.7 Å². The van der Waals surface area contributed by atoms with Gasteiger partial charge in [0.1, 0.15) is 5.76 Å². The van der Waals surface area contributed by atoms with Crippen LogP contribution in [0.1, 0.15) is 21.9 Å². The fourth-order valence-corrected chi connectivity index (χ4v) is 0.944. The van der Waals surface area contributed by atoms with Crippen molar-refractivity contribution in [3.63, 3.8) is 0 Å². The molecule has 1 heterocycles. The van der Waals surface area contributed by atoms with Gasteiger partial charge in [0.15, 0.2) is 0 Å². The Hall–Kier alpha value is -1.00. The van der Waals surface area contributed by atoms with Gasteiger partial charge in [-0.3, -0.25) is 0 Å². The van der Waals surface area contributed by atoms with Crippen LogP contribution < -0.4 is 5.73 Å². The lowest BCUT2D eigenvalue weighted by atomic mass is 10.2. The highest BCUT2D eigenvalue weighted by Crippen LogP contribution is 2.14. The van der Waals surface area contributed by atoms with Crippen LogP contribution in [0.5, 0.6) is 0 Å². The first-order chi connectivity index (χ1) is 5.69. The van der Waals surface area contributed by atoms with Crippen molar-refractivity contribution in [2.24, 2.45) is 5.73 Å². The number of furan rings is 1. The van der Waals surface area contributed by atoms with Crippen LogP contribution in [-0.2, 0) is 11.3 Å². The van der Waals surface area contributed by atoms with Gasteiger partial charge in [-0.25, -0.2) is 4.79 Å². The number of ether oxygens (including phenoxy) is 1. The van der Waals surface area contributed by atoms with Gasteiger partial charge >= 0.3 is 5.97 Å². The van der Waals surface area contributed by atoms with Crippen molar-refractivity contribution in [1.29, 1.82) is 0 Å². The molecule has 0 aliphatic rings. The normalized spacial score (nSPS) is 9.15. The van der Waals surface area contributed by atoms with E-state index in [1.807, 2.05) is 0 Å². The van der Waals surface area contributed by atoms with Crippen molar-refractivity contribution in [2.75, 3.05) is 7.11 Å². The molecule has 0 aliphatic heterocycles. The maximum absolute atomic E-state index is 11.0. The Balaban J connectivity index is 0.00000144. The lowest BCUT2D eigenvalue weighted by Crippen LogP contribution is -2.00. The van der Waals surface area contributed by atoms with Crippen LogP contribution >= 0.6 is 12.4 Å². The molecule has 0 atom stereocenters. The molecule has 74 valence electrons. The SMILES string of the molecule is COC(=O)c1oc(CN)cc1C.Cl. The van der Waals surface area contributed by atoms with Crippen LogP contribution in [0.15, 0.2) is 10.5 Å². The van der Waals surface area contributed by atoms with E-state index in [2.05, 4.69) is 4.74 Å². The van der Waals surface area contributed by atoms with Crippen molar-refractivity contribution in [1.82, 2.24) is 0 Å². The van der Waals surface area contributed by atoms with Gasteiger partial charge in [-0.1, -0.05) is 0 Å². The Morgan fingerprint density at radius 2 is 2.31 bits per heavy atom. The molecular formula is C8H12ClNO3. The highest BCUT2D eigenvalue weighted by atomic mass is 35.5. The first-order valence-corrected chi connectivity index (χ1v) is 3.56. The Kier molecular flexibility index (Phi) is 4.51. The zero-order valence-electron chi connectivity index (χ0n) is 7.49. The smallest absolute Gasteiger partial charge is 0.374 e. The molecule has 0 bridgehead atoms. The van der Waals surface area contributed by atoms with Gasteiger partial charge in [-0.15, -0.1) is 12.4 Å². The first kappa shape index (κ1) is 12.0. The summed E-state index contributed by atoms with van der Waals surface area (Å²) in [5.74, 6) is 0.359. The largest absolute Gasteiger partial charge is 0.463 e. The molecule has 5 heteroatoms. The minimum absolute atomic E-state index is 0. The molecule has 0 saturated carbocycles. The number of aryl methyl sites for hydroxylation is 1. The Morgan fingerprint density at radius 1 is 1.69 bits per heavy atom. The number of methoxy groups -OCH3 is 1. The van der Waals surface area contributed by atoms with E-state index in [0.29, 0.717) is 5.76 Å². The van der Waals surface area contributed by atoms with Crippen molar-refractivity contribution in [2.45, 2.75) is 13.5 Å². The number of hydrogen-bond donors (Lipinski definition) is 1. The maximum Gasteiger partial charge on any atom is 0.374 e. The predicted octanol–water partition coefficient (Wildman–Crippen LogP) is 1.26. The molecule has 4 nitrogen and oxygen atoms in total. The average Bonchev–Trinajstić information content (AvgIpc) is 2.45. The number of rotatable bonds is 2. The van der Waals surface area contributed by atoms with Gasteiger partial charge < -0.3 is 14.9 Å². The lowest BCUT2D eigenvalue weighted by Gasteiger charge is -1.94. The van der Waals surface area contributed by atoms with Gasteiger partial charge in [0.2, 0.25) is 5.76 Å². The van der Waals surface area contributed by atoms with E-state index in [1.165, 1.54) is 7.11 Å². The monoisotopic (exact) mass is 205 g/mol. The third-order valence-electron chi connectivity index (χ3n) is 1.54. The minimum atomic E-state index is -0.466. The number of nitrogens with two attached hydrogens (primary N) is 1. The van der Waals surface area contributed by atoms with Gasteiger partial charge in [0, 0.05) is 5.56 Å². The van der Waals surface area contributed by atoms with Gasteiger partial charge in [-0.2, -0.15) is 0 Å². The average molecular weight is 206 g/mol. The summed E-state index contributed by atoms with van der Waals surface area (Å²) in [6.45, 7) is 2.06. The van der Waals surface area contributed by atoms with Crippen molar-refractivity contribution in [3.8, 4) is 0 Å². The molecule has 0 spiro atoms. The second-order valence-electron chi connectivity index (χ2n) is 2.42. The maximum atomic E-state index is 11.0. The molecule has 0 saturated heterocycles. The summed E-state index contributed by atoms with van der Waals surface area (Å²) in [7, 11) is 1.31. The molecule has 1 rings (SSSR count). The minimum Gasteiger partial charge on any atom is -0.463 e. The number of esters is 1. The van der Waals surface area contributed by atoms with Crippen LogP contribution in [-0.4, -0.2) is 13.1 Å². The highest BCUT2D eigenvalue weighted by molar-refractivity contribution is 5.87. The zero-order chi connectivity index (χ0) is 9.14. The van der Waals surface area contributed by atoms with Gasteiger partial charge in [0.25, 0.3) is 0 Å². The quantitative estimate of drug-likeness (QED) is 0.739. The second kappa shape index (κ2) is 4.89. The Labute approximate surface area is 82.5 Å². The molecule has 0 amide bonds. The fourth-order valence-electron chi connectivity index (χ4n) is 0.944. The summed E-state index contributed by atoms with van der Waals surface area (Å²) < 4.78 is 9.62.